The third-order valence-electron chi connectivity index (χ3n) is 8.36. The van der Waals surface area contributed by atoms with E-state index >= 15 is 4.39 Å². The lowest BCUT2D eigenvalue weighted by molar-refractivity contribution is -0.159. The Hall–Kier alpha value is -2.11. The van der Waals surface area contributed by atoms with Gasteiger partial charge < -0.3 is 14.4 Å². The first-order valence-electron chi connectivity index (χ1n) is 12.5. The van der Waals surface area contributed by atoms with Crippen LogP contribution in [0.3, 0.4) is 0 Å². The van der Waals surface area contributed by atoms with Gasteiger partial charge in [0.05, 0.1) is 12.2 Å². The Kier molecular flexibility index (Phi) is 5.49. The molecule has 1 saturated heterocycles. The van der Waals surface area contributed by atoms with Crippen LogP contribution < -0.4 is 4.74 Å². The summed E-state index contributed by atoms with van der Waals surface area (Å²) in [5, 5.41) is 0. The summed E-state index contributed by atoms with van der Waals surface area (Å²) in [4.78, 5) is 27.3. The molecule has 180 valence electrons. The van der Waals surface area contributed by atoms with E-state index in [0.717, 1.165) is 23.3 Å². The molecular formula is C27H36FNO4. The van der Waals surface area contributed by atoms with E-state index in [1.807, 2.05) is 6.92 Å². The van der Waals surface area contributed by atoms with E-state index in [9.17, 15) is 9.59 Å². The van der Waals surface area contributed by atoms with Gasteiger partial charge in [-0.15, -0.1) is 0 Å². The smallest absolute Gasteiger partial charge is 0.329 e. The fraction of sp³-hybridized carbons (Fsp3) is 0.704. The first-order chi connectivity index (χ1) is 15.5. The Balaban J connectivity index is 1.29. The molecular weight excluding hydrogens is 421 g/mol. The third-order valence-corrected chi connectivity index (χ3v) is 8.36. The standard InChI is InChI=1S/C27H36FNO4/c1-16-8-20(24(30)29-7-5-6-22(29)25(31)33-26(2,3)4)21(28)12-23(16)32-15-27-13-17-9-18(14-27)11-19(27)10-17/h8,12,17-19,22H,5-7,9-11,13-15H2,1-4H3/t17?,18?,19?,22-,27?/m0/s1. The van der Waals surface area contributed by atoms with Gasteiger partial charge in [-0.2, -0.15) is 0 Å². The number of esters is 1. The molecule has 5 fully saturated rings. The zero-order chi connectivity index (χ0) is 23.5. The Morgan fingerprint density at radius 1 is 1.15 bits per heavy atom. The molecule has 1 aromatic rings. The molecule has 4 aliphatic carbocycles. The molecule has 1 amide bonds. The lowest BCUT2D eigenvalue weighted by Crippen LogP contribution is -2.43. The zero-order valence-electron chi connectivity index (χ0n) is 20.3. The van der Waals surface area contributed by atoms with E-state index < -0.39 is 29.3 Å². The second-order valence-corrected chi connectivity index (χ2v) is 12.0. The zero-order valence-corrected chi connectivity index (χ0v) is 20.3. The first kappa shape index (κ1) is 22.7. The molecule has 0 N–H and O–H groups in total. The van der Waals surface area contributed by atoms with Crippen LogP contribution in [0.4, 0.5) is 4.39 Å². The Morgan fingerprint density at radius 2 is 1.85 bits per heavy atom. The normalized spacial score (nSPS) is 32.5. The molecule has 0 radical (unpaired) electrons. The summed E-state index contributed by atoms with van der Waals surface area (Å²) in [6.45, 7) is 8.33. The maximum absolute atomic E-state index is 15.1. The monoisotopic (exact) mass is 457 g/mol. The number of halogens is 1. The van der Waals surface area contributed by atoms with Gasteiger partial charge in [0.25, 0.3) is 5.91 Å². The van der Waals surface area contributed by atoms with E-state index in [1.165, 1.54) is 43.1 Å². The topological polar surface area (TPSA) is 55.8 Å². The maximum atomic E-state index is 15.1. The van der Waals surface area contributed by atoms with Crippen molar-refractivity contribution in [2.24, 2.45) is 23.2 Å². The van der Waals surface area contributed by atoms with Crippen molar-refractivity contribution in [3.8, 4) is 5.75 Å². The van der Waals surface area contributed by atoms with Crippen molar-refractivity contribution in [1.82, 2.24) is 4.90 Å². The van der Waals surface area contributed by atoms with Crippen molar-refractivity contribution in [1.29, 1.82) is 0 Å². The predicted octanol–water partition coefficient (Wildman–Crippen LogP) is 5.29. The predicted molar refractivity (Wildman–Crippen MR) is 123 cm³/mol. The summed E-state index contributed by atoms with van der Waals surface area (Å²) >= 11 is 0. The summed E-state index contributed by atoms with van der Waals surface area (Å²) in [6, 6.07) is 2.27. The number of hydrogen-bond acceptors (Lipinski definition) is 4. The minimum atomic E-state index is -0.667. The fourth-order valence-corrected chi connectivity index (χ4v) is 7.18. The number of benzene rings is 1. The van der Waals surface area contributed by atoms with Crippen molar-refractivity contribution in [3.05, 3.63) is 29.1 Å². The van der Waals surface area contributed by atoms with Gasteiger partial charge in [0.15, 0.2) is 0 Å². The highest BCUT2D eigenvalue weighted by Gasteiger charge is 2.58. The third kappa shape index (κ3) is 4.15. The quantitative estimate of drug-likeness (QED) is 0.564. The van der Waals surface area contributed by atoms with Crippen LogP contribution in [0.25, 0.3) is 0 Å². The number of hydrogen-bond donors (Lipinski definition) is 0. The Labute approximate surface area is 196 Å². The van der Waals surface area contributed by atoms with Crippen molar-refractivity contribution in [2.75, 3.05) is 13.2 Å². The number of likely N-dealkylation sites (tertiary alicyclic amines) is 1. The number of rotatable bonds is 5. The number of carbonyl (C=O) groups excluding carboxylic acids is 2. The van der Waals surface area contributed by atoms with E-state index in [4.69, 9.17) is 9.47 Å². The van der Waals surface area contributed by atoms with Crippen molar-refractivity contribution in [3.63, 3.8) is 0 Å². The van der Waals surface area contributed by atoms with Gasteiger partial charge in [0, 0.05) is 18.0 Å². The lowest BCUT2D eigenvalue weighted by Gasteiger charge is -2.33. The number of aryl methyl sites for hydroxylation is 1. The van der Waals surface area contributed by atoms with Crippen molar-refractivity contribution >= 4 is 11.9 Å². The second-order valence-electron chi connectivity index (χ2n) is 12.0. The lowest BCUT2D eigenvalue weighted by atomic mass is 9.76. The van der Waals surface area contributed by atoms with Crippen molar-refractivity contribution in [2.45, 2.75) is 84.3 Å². The van der Waals surface area contributed by atoms with Crippen LogP contribution in [-0.2, 0) is 9.53 Å². The molecule has 1 heterocycles. The van der Waals surface area contributed by atoms with Crippen LogP contribution in [0, 0.1) is 35.9 Å². The summed E-state index contributed by atoms with van der Waals surface area (Å²) in [5.74, 6) is 1.50. The molecule has 3 atom stereocenters. The van der Waals surface area contributed by atoms with Crippen LogP contribution >= 0.6 is 0 Å². The molecule has 5 aliphatic rings. The minimum absolute atomic E-state index is 0.00525. The van der Waals surface area contributed by atoms with Gasteiger partial charge in [-0.3, -0.25) is 4.79 Å². The van der Waals surface area contributed by atoms with Gasteiger partial charge in [-0.25, -0.2) is 9.18 Å². The van der Waals surface area contributed by atoms with Gasteiger partial charge in [-0.05, 0) is 102 Å². The van der Waals surface area contributed by atoms with E-state index in [0.29, 0.717) is 31.7 Å². The van der Waals surface area contributed by atoms with Crippen LogP contribution in [0.1, 0.15) is 81.6 Å². The number of nitrogens with zero attached hydrogens (tertiary/aromatic N) is 1. The Bertz CT molecular complexity index is 954. The summed E-state index contributed by atoms with van der Waals surface area (Å²) in [6.07, 6.45) is 7.75. The first-order valence-corrected chi connectivity index (χ1v) is 12.5. The summed E-state index contributed by atoms with van der Waals surface area (Å²) in [7, 11) is 0. The highest BCUT2D eigenvalue weighted by atomic mass is 19.1. The van der Waals surface area contributed by atoms with E-state index in [-0.39, 0.29) is 11.0 Å². The molecule has 5 nitrogen and oxygen atoms in total. The molecule has 4 saturated carbocycles. The SMILES string of the molecule is Cc1cc(C(=O)N2CCC[C@H]2C(=O)OC(C)(C)C)c(F)cc1OCC12CC3CC(CC1C3)C2. The molecule has 4 bridgehead atoms. The van der Waals surface area contributed by atoms with Gasteiger partial charge >= 0.3 is 5.97 Å². The van der Waals surface area contributed by atoms with E-state index in [2.05, 4.69) is 0 Å². The van der Waals surface area contributed by atoms with Gasteiger partial charge in [0.1, 0.15) is 23.2 Å². The number of ether oxygens (including phenoxy) is 2. The molecule has 1 aliphatic heterocycles. The average molecular weight is 458 g/mol. The molecule has 6 heteroatoms. The van der Waals surface area contributed by atoms with E-state index in [1.54, 1.807) is 26.8 Å². The van der Waals surface area contributed by atoms with Crippen molar-refractivity contribution < 1.29 is 23.5 Å². The van der Waals surface area contributed by atoms with Gasteiger partial charge in [0.2, 0.25) is 0 Å². The van der Waals surface area contributed by atoms with Crippen LogP contribution in [0.15, 0.2) is 12.1 Å². The van der Waals surface area contributed by atoms with Crippen LogP contribution in [-0.4, -0.2) is 41.6 Å². The minimum Gasteiger partial charge on any atom is -0.493 e. The highest BCUT2D eigenvalue weighted by Crippen LogP contribution is 2.65. The molecule has 6 rings (SSSR count). The van der Waals surface area contributed by atoms with Crippen LogP contribution in [0.2, 0.25) is 0 Å². The molecule has 33 heavy (non-hydrogen) atoms. The molecule has 1 aromatic carbocycles. The number of amides is 1. The average Bonchev–Trinajstić information content (AvgIpc) is 3.36. The molecule has 0 spiro atoms. The summed E-state index contributed by atoms with van der Waals surface area (Å²) < 4.78 is 26.8. The maximum Gasteiger partial charge on any atom is 0.329 e. The number of carbonyl (C=O) groups is 2. The Morgan fingerprint density at radius 3 is 2.52 bits per heavy atom. The molecule has 0 aromatic heterocycles. The fourth-order valence-electron chi connectivity index (χ4n) is 7.18. The van der Waals surface area contributed by atoms with Gasteiger partial charge in [-0.1, -0.05) is 0 Å². The largest absolute Gasteiger partial charge is 0.493 e. The van der Waals surface area contributed by atoms with Crippen LogP contribution in [0.5, 0.6) is 5.75 Å². The highest BCUT2D eigenvalue weighted by molar-refractivity contribution is 5.97. The molecule has 2 unspecified atom stereocenters. The summed E-state index contributed by atoms with van der Waals surface area (Å²) in [5.41, 5.74) is 0.379. The second kappa shape index (κ2) is 7.99.